The molecule has 2 aliphatic heterocycles. The van der Waals surface area contributed by atoms with Crippen molar-refractivity contribution in [3.05, 3.63) is 58.9 Å². The van der Waals surface area contributed by atoms with Gasteiger partial charge in [0.05, 0.1) is 11.3 Å². The molecule has 2 N–H and O–H groups in total. The molecule has 2 heterocycles. The average Bonchev–Trinajstić information content (AvgIpc) is 2.66. The van der Waals surface area contributed by atoms with Crippen molar-refractivity contribution in [2.24, 2.45) is 0 Å². The van der Waals surface area contributed by atoms with Gasteiger partial charge in [-0.2, -0.15) is 0 Å². The summed E-state index contributed by atoms with van der Waals surface area (Å²) >= 11 is 0. The van der Waals surface area contributed by atoms with E-state index in [0.29, 0.717) is 37.2 Å². The van der Waals surface area contributed by atoms with Gasteiger partial charge in [-0.05, 0) is 55.3 Å². The number of carbonyl (C=O) groups is 2. The second-order valence-electron chi connectivity index (χ2n) is 8.00. The summed E-state index contributed by atoms with van der Waals surface area (Å²) in [6.07, 6.45) is 1.18. The van der Waals surface area contributed by atoms with Crippen molar-refractivity contribution >= 4 is 23.3 Å². The Labute approximate surface area is 169 Å². The number of hydrogen-bond donors (Lipinski definition) is 2. The zero-order valence-electron chi connectivity index (χ0n) is 16.9. The van der Waals surface area contributed by atoms with Gasteiger partial charge in [-0.3, -0.25) is 4.79 Å². The number of aryl methyl sites for hydroxylation is 2. The van der Waals surface area contributed by atoms with Crippen LogP contribution in [0.2, 0.25) is 0 Å². The van der Waals surface area contributed by atoms with E-state index in [4.69, 9.17) is 0 Å². The molecule has 0 aliphatic carbocycles. The molecule has 0 atom stereocenters. The number of nitrogens with zero attached hydrogens (tertiary/aromatic N) is 2. The zero-order chi connectivity index (χ0) is 20.8. The van der Waals surface area contributed by atoms with E-state index in [0.717, 1.165) is 16.8 Å². The van der Waals surface area contributed by atoms with Crippen molar-refractivity contribution in [1.82, 2.24) is 10.2 Å². The quantitative estimate of drug-likeness (QED) is 0.773. The predicted octanol–water partition coefficient (Wildman–Crippen LogP) is 3.65. The molecule has 2 aromatic rings. The van der Waals surface area contributed by atoms with E-state index >= 15 is 0 Å². The molecule has 1 saturated heterocycles. The maximum Gasteiger partial charge on any atom is 0.321 e. The minimum atomic E-state index is -0.571. The van der Waals surface area contributed by atoms with Crippen molar-refractivity contribution in [2.45, 2.75) is 32.4 Å². The van der Waals surface area contributed by atoms with Crippen LogP contribution in [0.15, 0.2) is 36.4 Å². The number of benzene rings is 2. The number of carbonyl (C=O) groups excluding carboxylic acids is 2. The van der Waals surface area contributed by atoms with Gasteiger partial charge < -0.3 is 20.4 Å². The Kier molecular flexibility index (Phi) is 4.68. The van der Waals surface area contributed by atoms with E-state index in [1.165, 1.54) is 12.1 Å². The summed E-state index contributed by atoms with van der Waals surface area (Å²) in [5.74, 6) is -0.702. The molecule has 0 saturated carbocycles. The first-order valence-corrected chi connectivity index (χ1v) is 9.77. The van der Waals surface area contributed by atoms with Gasteiger partial charge in [0, 0.05) is 38.7 Å². The highest BCUT2D eigenvalue weighted by Crippen LogP contribution is 2.36. The summed E-state index contributed by atoms with van der Waals surface area (Å²) in [6, 6.07) is 10.1. The Bertz CT molecular complexity index is 963. The molecule has 29 heavy (non-hydrogen) atoms. The van der Waals surface area contributed by atoms with Gasteiger partial charge in [0.2, 0.25) is 0 Å². The number of rotatable bonds is 1. The molecule has 2 aromatic carbocycles. The number of halogens is 1. The largest absolute Gasteiger partial charge is 0.351 e. The number of hydrogen-bond acceptors (Lipinski definition) is 3. The molecule has 7 heteroatoms. The normalized spacial score (nSPS) is 17.7. The van der Waals surface area contributed by atoms with Crippen LogP contribution in [0.25, 0.3) is 0 Å². The van der Waals surface area contributed by atoms with Crippen LogP contribution in [0.5, 0.6) is 0 Å². The number of anilines is 2. The summed E-state index contributed by atoms with van der Waals surface area (Å²) in [5, 5.41) is 6.02. The zero-order valence-corrected chi connectivity index (χ0v) is 16.9. The first-order chi connectivity index (χ1) is 13.8. The third-order valence-electron chi connectivity index (χ3n) is 5.90. The van der Waals surface area contributed by atoms with E-state index in [2.05, 4.69) is 16.7 Å². The number of likely N-dealkylation sites (tertiary alicyclic amines) is 1. The molecule has 0 unspecified atom stereocenters. The Morgan fingerprint density at radius 2 is 1.76 bits per heavy atom. The lowest BCUT2D eigenvalue weighted by molar-refractivity contribution is 0.0814. The van der Waals surface area contributed by atoms with Gasteiger partial charge in [0.25, 0.3) is 5.91 Å². The molecule has 6 nitrogen and oxygen atoms in total. The van der Waals surface area contributed by atoms with Crippen molar-refractivity contribution in [2.75, 3.05) is 30.4 Å². The maximum atomic E-state index is 13.5. The fourth-order valence-corrected chi connectivity index (χ4v) is 4.37. The van der Waals surface area contributed by atoms with Gasteiger partial charge in [0.15, 0.2) is 0 Å². The smallest absolute Gasteiger partial charge is 0.321 e. The number of urea groups is 1. The van der Waals surface area contributed by atoms with Crippen molar-refractivity contribution < 1.29 is 14.0 Å². The molecular formula is C22H25FN4O2. The molecule has 1 fully saturated rings. The standard InChI is InChI=1S/C22H25FN4O2/c1-14-10-15(2)12-17(11-14)24-21(29)27-8-6-22(7-9-27)25-20(28)18-13-16(23)4-5-19(18)26(22)3/h4-5,10-13H,6-9H2,1-3H3,(H,24,29)(H,25,28). The molecule has 0 bridgehead atoms. The Morgan fingerprint density at radius 3 is 2.41 bits per heavy atom. The van der Waals surface area contributed by atoms with Crippen LogP contribution in [-0.4, -0.2) is 42.6 Å². The van der Waals surface area contributed by atoms with Gasteiger partial charge in [-0.15, -0.1) is 0 Å². The van der Waals surface area contributed by atoms with Crippen LogP contribution in [0.1, 0.15) is 34.3 Å². The molecule has 4 rings (SSSR count). The number of amides is 3. The summed E-state index contributed by atoms with van der Waals surface area (Å²) in [7, 11) is 1.90. The van der Waals surface area contributed by atoms with E-state index in [9.17, 15) is 14.0 Å². The van der Waals surface area contributed by atoms with Gasteiger partial charge in [-0.1, -0.05) is 6.07 Å². The van der Waals surface area contributed by atoms with E-state index in [-0.39, 0.29) is 11.9 Å². The maximum absolute atomic E-state index is 13.5. The Morgan fingerprint density at radius 1 is 1.10 bits per heavy atom. The Balaban J connectivity index is 1.47. The van der Waals surface area contributed by atoms with E-state index in [1.54, 1.807) is 11.0 Å². The third-order valence-corrected chi connectivity index (χ3v) is 5.90. The van der Waals surface area contributed by atoms with Crippen LogP contribution < -0.4 is 15.5 Å². The van der Waals surface area contributed by atoms with Crippen LogP contribution in [0, 0.1) is 19.7 Å². The SMILES string of the molecule is Cc1cc(C)cc(NC(=O)N2CCC3(CC2)NC(=O)c2cc(F)ccc2N3C)c1. The highest BCUT2D eigenvalue weighted by atomic mass is 19.1. The summed E-state index contributed by atoms with van der Waals surface area (Å²) in [6.45, 7) is 5.02. The highest BCUT2D eigenvalue weighted by molar-refractivity contribution is 6.02. The average molecular weight is 396 g/mol. The lowest BCUT2D eigenvalue weighted by atomic mass is 9.90. The minimum Gasteiger partial charge on any atom is -0.351 e. The molecule has 0 radical (unpaired) electrons. The summed E-state index contributed by atoms with van der Waals surface area (Å²) in [4.78, 5) is 29.1. The van der Waals surface area contributed by atoms with Crippen molar-refractivity contribution in [3.8, 4) is 0 Å². The summed E-state index contributed by atoms with van der Waals surface area (Å²) in [5.41, 5.74) is 3.46. The number of nitrogens with one attached hydrogen (secondary N) is 2. The number of piperidine rings is 1. The lowest BCUT2D eigenvalue weighted by Crippen LogP contribution is -2.67. The minimum absolute atomic E-state index is 0.142. The van der Waals surface area contributed by atoms with Crippen LogP contribution in [0.4, 0.5) is 20.6 Å². The molecule has 2 aliphatic rings. The molecule has 1 spiro atoms. The van der Waals surface area contributed by atoms with E-state index in [1.807, 2.05) is 37.9 Å². The van der Waals surface area contributed by atoms with Gasteiger partial charge >= 0.3 is 6.03 Å². The fourth-order valence-electron chi connectivity index (χ4n) is 4.37. The van der Waals surface area contributed by atoms with Crippen molar-refractivity contribution in [3.63, 3.8) is 0 Å². The lowest BCUT2D eigenvalue weighted by Gasteiger charge is -2.51. The number of fused-ring (bicyclic) bond motifs is 1. The molecule has 0 aromatic heterocycles. The van der Waals surface area contributed by atoms with Gasteiger partial charge in [0.1, 0.15) is 11.5 Å². The molecule has 3 amide bonds. The second-order valence-corrected chi connectivity index (χ2v) is 8.00. The second kappa shape index (κ2) is 7.06. The first-order valence-electron chi connectivity index (χ1n) is 9.77. The van der Waals surface area contributed by atoms with Crippen LogP contribution in [0.3, 0.4) is 0 Å². The summed E-state index contributed by atoms with van der Waals surface area (Å²) < 4.78 is 13.5. The first kappa shape index (κ1) is 19.2. The highest BCUT2D eigenvalue weighted by Gasteiger charge is 2.44. The van der Waals surface area contributed by atoms with Crippen LogP contribution >= 0.6 is 0 Å². The van der Waals surface area contributed by atoms with Gasteiger partial charge in [-0.25, -0.2) is 9.18 Å². The van der Waals surface area contributed by atoms with E-state index < -0.39 is 11.5 Å². The predicted molar refractivity (Wildman–Crippen MR) is 111 cm³/mol. The fraction of sp³-hybridized carbons (Fsp3) is 0.364. The monoisotopic (exact) mass is 396 g/mol. The van der Waals surface area contributed by atoms with Crippen LogP contribution in [-0.2, 0) is 0 Å². The van der Waals surface area contributed by atoms with Crippen molar-refractivity contribution in [1.29, 1.82) is 0 Å². The molecule has 152 valence electrons. The topological polar surface area (TPSA) is 64.7 Å². The Hall–Kier alpha value is -3.09. The molecular weight excluding hydrogens is 371 g/mol. The third kappa shape index (κ3) is 3.52.